The predicted octanol–water partition coefficient (Wildman–Crippen LogP) is 3.70. The lowest BCUT2D eigenvalue weighted by Gasteiger charge is -2.00. The maximum atomic E-state index is 13.1. The first-order valence-corrected chi connectivity index (χ1v) is 6.99. The van der Waals surface area contributed by atoms with Crippen LogP contribution in [0.4, 0.5) is 9.52 Å². The van der Waals surface area contributed by atoms with Crippen molar-refractivity contribution in [1.82, 2.24) is 4.98 Å². The van der Waals surface area contributed by atoms with E-state index in [2.05, 4.69) is 10.3 Å². The molecule has 4 nitrogen and oxygen atoms in total. The van der Waals surface area contributed by atoms with Crippen LogP contribution in [0.1, 0.15) is 10.4 Å². The smallest absolute Gasteiger partial charge is 0.257 e. The molecule has 0 aliphatic rings. The minimum absolute atomic E-state index is 0.256. The van der Waals surface area contributed by atoms with Gasteiger partial charge in [0, 0.05) is 5.56 Å². The van der Waals surface area contributed by atoms with Gasteiger partial charge >= 0.3 is 0 Å². The summed E-state index contributed by atoms with van der Waals surface area (Å²) in [6, 6.07) is 11.0. The van der Waals surface area contributed by atoms with Gasteiger partial charge in [-0.2, -0.15) is 0 Å². The number of aromatic nitrogens is 1. The maximum absolute atomic E-state index is 13.1. The number of nitrogens with one attached hydrogen (secondary N) is 1. The Bertz CT molecular complexity index is 816. The second-order valence-corrected chi connectivity index (χ2v) is 5.35. The molecule has 0 saturated heterocycles. The molecule has 0 aliphatic carbocycles. The molecular weight excluding hydrogens is 291 g/mol. The highest BCUT2D eigenvalue weighted by Gasteiger charge is 2.11. The first-order chi connectivity index (χ1) is 10.2. The largest absolute Gasteiger partial charge is 0.497 e. The van der Waals surface area contributed by atoms with Gasteiger partial charge in [0.05, 0.1) is 17.3 Å². The van der Waals surface area contributed by atoms with Gasteiger partial charge in [-0.05, 0) is 36.4 Å². The standard InChI is InChI=1S/C15H11FN2O2S/c1-20-11-5-6-12-13(8-11)21-15(17-12)18-14(19)9-3-2-4-10(16)7-9/h2-8H,1H3,(H,17,18,19). The maximum Gasteiger partial charge on any atom is 0.257 e. The highest BCUT2D eigenvalue weighted by molar-refractivity contribution is 7.22. The van der Waals surface area contributed by atoms with Crippen molar-refractivity contribution in [2.24, 2.45) is 0 Å². The summed E-state index contributed by atoms with van der Waals surface area (Å²) in [5.74, 6) is -0.105. The first kappa shape index (κ1) is 13.5. The second-order valence-electron chi connectivity index (χ2n) is 4.32. The Hall–Kier alpha value is -2.47. The normalized spacial score (nSPS) is 10.6. The molecule has 0 unspecified atom stereocenters. The van der Waals surface area contributed by atoms with Gasteiger partial charge in [0.25, 0.3) is 5.91 Å². The summed E-state index contributed by atoms with van der Waals surface area (Å²) in [6.07, 6.45) is 0. The Morgan fingerprint density at radius 1 is 1.29 bits per heavy atom. The molecule has 1 heterocycles. The van der Waals surface area contributed by atoms with Gasteiger partial charge < -0.3 is 4.74 Å². The molecule has 0 atom stereocenters. The van der Waals surface area contributed by atoms with Gasteiger partial charge in [0.1, 0.15) is 11.6 Å². The predicted molar refractivity (Wildman–Crippen MR) is 80.5 cm³/mol. The Balaban J connectivity index is 1.86. The van der Waals surface area contributed by atoms with E-state index in [-0.39, 0.29) is 11.5 Å². The van der Waals surface area contributed by atoms with Crippen LogP contribution in [0, 0.1) is 5.82 Å². The van der Waals surface area contributed by atoms with Crippen LogP contribution in [0.25, 0.3) is 10.2 Å². The van der Waals surface area contributed by atoms with Crippen molar-refractivity contribution >= 4 is 32.6 Å². The Labute approximate surface area is 124 Å². The fourth-order valence-corrected chi connectivity index (χ4v) is 2.77. The highest BCUT2D eigenvalue weighted by atomic mass is 32.1. The summed E-state index contributed by atoms with van der Waals surface area (Å²) in [6.45, 7) is 0. The van der Waals surface area contributed by atoms with E-state index >= 15 is 0 Å². The molecule has 0 spiro atoms. The van der Waals surface area contributed by atoms with Crippen molar-refractivity contribution in [3.05, 3.63) is 53.8 Å². The summed E-state index contributed by atoms with van der Waals surface area (Å²) in [7, 11) is 1.59. The van der Waals surface area contributed by atoms with Crippen LogP contribution in [0.5, 0.6) is 5.75 Å². The first-order valence-electron chi connectivity index (χ1n) is 6.17. The molecule has 3 aromatic rings. The number of methoxy groups -OCH3 is 1. The molecule has 0 bridgehead atoms. The molecule has 0 saturated carbocycles. The van der Waals surface area contributed by atoms with Crippen molar-refractivity contribution in [2.75, 3.05) is 12.4 Å². The van der Waals surface area contributed by atoms with Gasteiger partial charge in [0.2, 0.25) is 0 Å². The average molecular weight is 302 g/mol. The zero-order chi connectivity index (χ0) is 14.8. The number of hydrogen-bond acceptors (Lipinski definition) is 4. The van der Waals surface area contributed by atoms with Gasteiger partial charge in [0.15, 0.2) is 5.13 Å². The molecule has 0 fully saturated rings. The lowest BCUT2D eigenvalue weighted by molar-refractivity contribution is 0.102. The number of fused-ring (bicyclic) bond motifs is 1. The van der Waals surface area contributed by atoms with Crippen LogP contribution >= 0.6 is 11.3 Å². The van der Waals surface area contributed by atoms with Crippen molar-refractivity contribution in [3.8, 4) is 5.75 Å². The third kappa shape index (κ3) is 2.85. The molecule has 1 N–H and O–H groups in total. The third-order valence-corrected chi connectivity index (χ3v) is 3.84. The summed E-state index contributed by atoms with van der Waals surface area (Å²) in [5.41, 5.74) is 1.03. The number of nitrogens with zero attached hydrogens (tertiary/aromatic N) is 1. The van der Waals surface area contributed by atoms with E-state index in [0.29, 0.717) is 5.13 Å². The van der Waals surface area contributed by atoms with E-state index < -0.39 is 5.82 Å². The van der Waals surface area contributed by atoms with E-state index in [1.165, 1.54) is 29.5 Å². The topological polar surface area (TPSA) is 51.2 Å². The Morgan fingerprint density at radius 2 is 2.14 bits per heavy atom. The Morgan fingerprint density at radius 3 is 2.90 bits per heavy atom. The Kier molecular flexibility index (Phi) is 3.53. The number of halogens is 1. The summed E-state index contributed by atoms with van der Waals surface area (Å²) >= 11 is 1.34. The summed E-state index contributed by atoms with van der Waals surface area (Å²) in [4.78, 5) is 16.3. The molecule has 3 rings (SSSR count). The third-order valence-electron chi connectivity index (χ3n) is 2.90. The molecule has 106 valence electrons. The van der Waals surface area contributed by atoms with Crippen LogP contribution < -0.4 is 10.1 Å². The molecule has 21 heavy (non-hydrogen) atoms. The average Bonchev–Trinajstić information content (AvgIpc) is 2.88. The number of carbonyl (C=O) groups excluding carboxylic acids is 1. The number of anilines is 1. The van der Waals surface area contributed by atoms with Crippen LogP contribution in [-0.4, -0.2) is 18.0 Å². The number of ether oxygens (including phenoxy) is 1. The van der Waals surface area contributed by atoms with Gasteiger partial charge in [-0.15, -0.1) is 0 Å². The zero-order valence-electron chi connectivity index (χ0n) is 11.1. The highest BCUT2D eigenvalue weighted by Crippen LogP contribution is 2.29. The van der Waals surface area contributed by atoms with E-state index in [4.69, 9.17) is 4.74 Å². The second kappa shape index (κ2) is 5.49. The van der Waals surface area contributed by atoms with Crippen LogP contribution in [0.15, 0.2) is 42.5 Å². The lowest BCUT2D eigenvalue weighted by Crippen LogP contribution is -2.11. The fraction of sp³-hybridized carbons (Fsp3) is 0.0667. The van der Waals surface area contributed by atoms with Gasteiger partial charge in [-0.1, -0.05) is 17.4 Å². The number of thiazole rings is 1. The summed E-state index contributed by atoms with van der Waals surface area (Å²) < 4.78 is 19.2. The summed E-state index contributed by atoms with van der Waals surface area (Å²) in [5, 5.41) is 3.14. The molecule has 2 aromatic carbocycles. The number of amides is 1. The van der Waals surface area contributed by atoms with Crippen LogP contribution in [0.2, 0.25) is 0 Å². The van der Waals surface area contributed by atoms with Gasteiger partial charge in [-0.25, -0.2) is 9.37 Å². The van der Waals surface area contributed by atoms with Crippen LogP contribution in [-0.2, 0) is 0 Å². The molecule has 6 heteroatoms. The quantitative estimate of drug-likeness (QED) is 0.802. The van der Waals surface area contributed by atoms with Crippen molar-refractivity contribution in [1.29, 1.82) is 0 Å². The molecule has 1 amide bonds. The fourth-order valence-electron chi connectivity index (χ4n) is 1.88. The molecule has 0 aliphatic heterocycles. The van der Waals surface area contributed by atoms with E-state index in [1.54, 1.807) is 19.2 Å². The lowest BCUT2D eigenvalue weighted by atomic mass is 10.2. The minimum Gasteiger partial charge on any atom is -0.497 e. The molecular formula is C15H11FN2O2S. The van der Waals surface area contributed by atoms with E-state index in [0.717, 1.165) is 16.0 Å². The van der Waals surface area contributed by atoms with Crippen molar-refractivity contribution in [2.45, 2.75) is 0 Å². The SMILES string of the molecule is COc1ccc2nc(NC(=O)c3cccc(F)c3)sc2c1. The number of carbonyl (C=O) groups is 1. The van der Waals surface area contributed by atoms with E-state index in [1.807, 2.05) is 12.1 Å². The number of rotatable bonds is 3. The van der Waals surface area contributed by atoms with Crippen LogP contribution in [0.3, 0.4) is 0 Å². The minimum atomic E-state index is -0.448. The van der Waals surface area contributed by atoms with Crippen molar-refractivity contribution in [3.63, 3.8) is 0 Å². The van der Waals surface area contributed by atoms with Crippen molar-refractivity contribution < 1.29 is 13.9 Å². The van der Waals surface area contributed by atoms with Gasteiger partial charge in [-0.3, -0.25) is 10.1 Å². The molecule has 0 radical (unpaired) electrons. The number of benzene rings is 2. The monoisotopic (exact) mass is 302 g/mol. The van der Waals surface area contributed by atoms with E-state index in [9.17, 15) is 9.18 Å². The zero-order valence-corrected chi connectivity index (χ0v) is 11.9. The molecule has 1 aromatic heterocycles. The number of hydrogen-bond donors (Lipinski definition) is 1.